The number of amides is 1. The number of carbonyl (C=O) groups excluding carboxylic acids is 1. The Kier molecular flexibility index (Phi) is 5.59. The Morgan fingerprint density at radius 3 is 2.65 bits per heavy atom. The van der Waals surface area contributed by atoms with E-state index in [9.17, 15) is 13.6 Å². The molecule has 4 heterocycles. The van der Waals surface area contributed by atoms with Crippen LogP contribution in [-0.2, 0) is 6.54 Å². The zero-order valence-electron chi connectivity index (χ0n) is 19.0. The fourth-order valence-corrected chi connectivity index (χ4v) is 4.57. The maximum Gasteiger partial charge on any atom is 0.283 e. The number of aromatic nitrogens is 3. The minimum atomic E-state index is -0.616. The monoisotopic (exact) mass is 484 g/mol. The van der Waals surface area contributed by atoms with Crippen LogP contribution in [0.2, 0.25) is 5.02 Å². The molecule has 0 radical (unpaired) electrons. The van der Waals surface area contributed by atoms with Crippen molar-refractivity contribution < 1.29 is 13.6 Å². The van der Waals surface area contributed by atoms with Crippen molar-refractivity contribution in [3.63, 3.8) is 0 Å². The van der Waals surface area contributed by atoms with Gasteiger partial charge in [-0.2, -0.15) is 4.39 Å². The maximum absolute atomic E-state index is 13.7. The highest BCUT2D eigenvalue weighted by Gasteiger charge is 2.44. The second-order valence-electron chi connectivity index (χ2n) is 8.70. The zero-order chi connectivity index (χ0) is 24.1. The standard InChI is InChI=1S/C24H23ClF2N6O/c1-4-31-23(34)20-22(33-12-18(13(2)3)29-24(31)33)32(11-15-5-7-16(26)9-17(15)25)21(30-20)14-6-8-19(27)28-10-14/h5-10,13,18H,4,11-12H2,1-3H3. The van der Waals surface area contributed by atoms with Gasteiger partial charge in [-0.05, 0) is 42.7 Å². The van der Waals surface area contributed by atoms with Gasteiger partial charge in [0.2, 0.25) is 11.9 Å². The summed E-state index contributed by atoms with van der Waals surface area (Å²) in [7, 11) is 0. The number of fused-ring (bicyclic) bond motifs is 3. The zero-order valence-corrected chi connectivity index (χ0v) is 19.7. The molecule has 10 heteroatoms. The maximum atomic E-state index is 13.7. The Hall–Kier alpha value is -3.33. The normalized spacial score (nSPS) is 17.3. The first-order valence-corrected chi connectivity index (χ1v) is 11.5. The minimum absolute atomic E-state index is 0.0106. The lowest BCUT2D eigenvalue weighted by atomic mass is 10.1. The van der Waals surface area contributed by atoms with Crippen LogP contribution in [0.1, 0.15) is 36.8 Å². The number of hydrogen-bond acceptors (Lipinski definition) is 5. The van der Waals surface area contributed by atoms with Crippen molar-refractivity contribution >= 4 is 29.3 Å². The Morgan fingerprint density at radius 2 is 2.00 bits per heavy atom. The third-order valence-corrected chi connectivity index (χ3v) is 6.54. The lowest BCUT2D eigenvalue weighted by Gasteiger charge is -2.34. The van der Waals surface area contributed by atoms with E-state index in [1.54, 1.807) is 17.0 Å². The highest BCUT2D eigenvalue weighted by Crippen LogP contribution is 2.38. The number of benzene rings is 1. The third kappa shape index (κ3) is 3.64. The molecule has 2 aliphatic rings. The van der Waals surface area contributed by atoms with Gasteiger partial charge in [0.05, 0.1) is 19.1 Å². The summed E-state index contributed by atoms with van der Waals surface area (Å²) in [6, 6.07) is 7.02. The first kappa shape index (κ1) is 22.5. The summed E-state index contributed by atoms with van der Waals surface area (Å²) in [5.74, 6) is 0.597. The number of nitrogens with zero attached hydrogens (tertiary/aromatic N) is 6. The molecule has 2 aliphatic heterocycles. The summed E-state index contributed by atoms with van der Waals surface area (Å²) in [6.07, 6.45) is 1.38. The van der Waals surface area contributed by atoms with E-state index in [2.05, 4.69) is 18.8 Å². The number of imidazole rings is 1. The average molecular weight is 485 g/mol. The molecule has 3 aromatic rings. The van der Waals surface area contributed by atoms with Gasteiger partial charge in [0.25, 0.3) is 5.91 Å². The second kappa shape index (κ2) is 8.47. The van der Waals surface area contributed by atoms with Gasteiger partial charge in [0, 0.05) is 23.3 Å². The Bertz CT molecular complexity index is 1300. The van der Waals surface area contributed by atoms with Gasteiger partial charge in [0.1, 0.15) is 17.5 Å². The quantitative estimate of drug-likeness (QED) is 0.496. The first-order valence-electron chi connectivity index (χ1n) is 11.1. The number of aliphatic imine (C=N–C) groups is 1. The molecular formula is C24H23ClF2N6O. The molecule has 1 atom stereocenters. The molecular weight excluding hydrogens is 462 g/mol. The predicted octanol–water partition coefficient (Wildman–Crippen LogP) is 4.60. The first-order chi connectivity index (χ1) is 16.3. The van der Waals surface area contributed by atoms with Crippen LogP contribution in [0.25, 0.3) is 11.4 Å². The van der Waals surface area contributed by atoms with Crippen molar-refractivity contribution in [3.8, 4) is 11.4 Å². The molecule has 0 bridgehead atoms. The van der Waals surface area contributed by atoms with Crippen LogP contribution < -0.4 is 4.90 Å². The van der Waals surface area contributed by atoms with Gasteiger partial charge in [-0.1, -0.05) is 31.5 Å². The molecule has 0 spiro atoms. The van der Waals surface area contributed by atoms with E-state index in [1.807, 2.05) is 16.4 Å². The summed E-state index contributed by atoms with van der Waals surface area (Å²) < 4.78 is 29.1. The number of carbonyl (C=O) groups is 1. The molecule has 0 saturated heterocycles. The minimum Gasteiger partial charge on any atom is -0.305 e. The van der Waals surface area contributed by atoms with Gasteiger partial charge in [-0.3, -0.25) is 14.6 Å². The smallest absolute Gasteiger partial charge is 0.283 e. The molecule has 1 unspecified atom stereocenters. The number of hydrogen-bond donors (Lipinski definition) is 0. The van der Waals surface area contributed by atoms with Crippen LogP contribution in [0.15, 0.2) is 41.5 Å². The van der Waals surface area contributed by atoms with E-state index >= 15 is 0 Å². The van der Waals surface area contributed by atoms with Crippen LogP contribution in [0.3, 0.4) is 0 Å². The lowest BCUT2D eigenvalue weighted by Crippen LogP contribution is -2.50. The van der Waals surface area contributed by atoms with E-state index in [0.717, 1.165) is 0 Å². The molecule has 0 aliphatic carbocycles. The van der Waals surface area contributed by atoms with E-state index in [1.165, 1.54) is 24.4 Å². The predicted molar refractivity (Wildman–Crippen MR) is 126 cm³/mol. The van der Waals surface area contributed by atoms with E-state index < -0.39 is 11.8 Å². The lowest BCUT2D eigenvalue weighted by molar-refractivity contribution is 0.0841. The van der Waals surface area contributed by atoms with Crippen molar-refractivity contribution in [2.75, 3.05) is 18.0 Å². The summed E-state index contributed by atoms with van der Waals surface area (Å²) in [4.78, 5) is 30.4. The Labute approximate surface area is 200 Å². The van der Waals surface area contributed by atoms with Gasteiger partial charge < -0.3 is 4.57 Å². The van der Waals surface area contributed by atoms with Gasteiger partial charge in [-0.25, -0.2) is 19.4 Å². The van der Waals surface area contributed by atoms with Crippen LogP contribution in [0, 0.1) is 17.7 Å². The van der Waals surface area contributed by atoms with Crippen LogP contribution >= 0.6 is 11.6 Å². The Balaban J connectivity index is 1.72. The highest BCUT2D eigenvalue weighted by molar-refractivity contribution is 6.31. The molecule has 2 aromatic heterocycles. The van der Waals surface area contributed by atoms with E-state index in [4.69, 9.17) is 21.6 Å². The van der Waals surface area contributed by atoms with Crippen molar-refractivity contribution in [2.24, 2.45) is 10.9 Å². The topological polar surface area (TPSA) is 66.6 Å². The summed E-state index contributed by atoms with van der Waals surface area (Å²) >= 11 is 6.35. The van der Waals surface area contributed by atoms with Crippen molar-refractivity contribution in [2.45, 2.75) is 33.4 Å². The van der Waals surface area contributed by atoms with Gasteiger partial charge >= 0.3 is 0 Å². The molecule has 0 saturated carbocycles. The fraction of sp³-hybridized carbons (Fsp3) is 0.333. The van der Waals surface area contributed by atoms with E-state index in [0.29, 0.717) is 41.8 Å². The van der Waals surface area contributed by atoms with Crippen LogP contribution in [0.4, 0.5) is 14.6 Å². The van der Waals surface area contributed by atoms with E-state index in [-0.39, 0.29) is 35.1 Å². The SMILES string of the molecule is CCN1C(=O)c2nc(-c3ccc(F)nc3)n(Cc3ccc(F)cc3Cl)c2N2CC(C(C)C)N=C12. The largest absolute Gasteiger partial charge is 0.305 e. The number of rotatable bonds is 5. The summed E-state index contributed by atoms with van der Waals surface area (Å²) in [6.45, 7) is 7.35. The molecule has 5 rings (SSSR count). The number of guanidine groups is 1. The molecule has 0 fully saturated rings. The van der Waals surface area contributed by atoms with Crippen LogP contribution in [-0.4, -0.2) is 50.4 Å². The molecule has 176 valence electrons. The number of halogens is 3. The fourth-order valence-electron chi connectivity index (χ4n) is 4.35. The second-order valence-corrected chi connectivity index (χ2v) is 9.11. The van der Waals surface area contributed by atoms with Crippen LogP contribution in [0.5, 0.6) is 0 Å². The molecule has 34 heavy (non-hydrogen) atoms. The number of pyridine rings is 1. The molecule has 7 nitrogen and oxygen atoms in total. The van der Waals surface area contributed by atoms with Crippen molar-refractivity contribution in [1.82, 2.24) is 19.4 Å². The Morgan fingerprint density at radius 1 is 1.21 bits per heavy atom. The molecule has 0 N–H and O–H groups in total. The van der Waals surface area contributed by atoms with Crippen molar-refractivity contribution in [3.05, 3.63) is 64.6 Å². The third-order valence-electron chi connectivity index (χ3n) is 6.19. The van der Waals surface area contributed by atoms with Crippen molar-refractivity contribution in [1.29, 1.82) is 0 Å². The summed E-state index contributed by atoms with van der Waals surface area (Å²) in [5, 5.41) is 0.262. The highest BCUT2D eigenvalue weighted by atomic mass is 35.5. The molecule has 1 amide bonds. The average Bonchev–Trinajstić information content (AvgIpc) is 3.39. The van der Waals surface area contributed by atoms with Gasteiger partial charge in [0.15, 0.2) is 5.69 Å². The molecule has 1 aromatic carbocycles. The van der Waals surface area contributed by atoms with Gasteiger partial charge in [-0.15, -0.1) is 0 Å². The summed E-state index contributed by atoms with van der Waals surface area (Å²) in [5.41, 5.74) is 1.48. The number of anilines is 1.